The topological polar surface area (TPSA) is 55.2 Å². The van der Waals surface area contributed by atoms with Gasteiger partial charge in [0, 0.05) is 22.4 Å². The number of para-hydroxylation sites is 3. The lowest BCUT2D eigenvalue weighted by molar-refractivity contribution is -0.115. The van der Waals surface area contributed by atoms with Crippen molar-refractivity contribution in [3.8, 4) is 16.9 Å². The summed E-state index contributed by atoms with van der Waals surface area (Å²) in [6.07, 6.45) is 6.29. The highest BCUT2D eigenvalue weighted by Gasteiger charge is 2.43. The lowest BCUT2D eigenvalue weighted by atomic mass is 9.62. The van der Waals surface area contributed by atoms with Crippen molar-refractivity contribution in [2.45, 2.75) is 56.0 Å². The number of amides is 1. The van der Waals surface area contributed by atoms with Crippen LogP contribution in [0.25, 0.3) is 16.9 Å². The fourth-order valence-corrected chi connectivity index (χ4v) is 7.94. The van der Waals surface area contributed by atoms with Gasteiger partial charge in [0.05, 0.1) is 22.7 Å². The van der Waals surface area contributed by atoms with Crippen LogP contribution in [0, 0.1) is 6.92 Å². The van der Waals surface area contributed by atoms with Gasteiger partial charge in [-0.1, -0.05) is 110 Å². The second kappa shape index (κ2) is 11.9. The van der Waals surface area contributed by atoms with Gasteiger partial charge in [0.1, 0.15) is 0 Å². The fourth-order valence-electron chi connectivity index (χ4n) is 7.09. The summed E-state index contributed by atoms with van der Waals surface area (Å²) in [5.74, 6) is 0.0353. The Bertz CT molecular complexity index is 1840. The van der Waals surface area contributed by atoms with Crippen LogP contribution in [0.1, 0.15) is 48.8 Å². The number of rotatable bonds is 6. The highest BCUT2D eigenvalue weighted by atomic mass is 32.2. The van der Waals surface area contributed by atoms with Crippen LogP contribution in [0.15, 0.2) is 119 Å². The first-order valence-corrected chi connectivity index (χ1v) is 16.4. The standard InChI is InChI=1S/C38H35N3O2S/c1-27-15-9-12-22-32(27)41-36(43)34-35(31-21-11-10-16-28(31)25-38(34)23-13-4-14-24-38)39-37(41)44-26-33(42)40(29-17-5-2-6-18-29)30-19-7-3-8-20-30/h2-3,5-12,15-22H,4,13-14,23-26H2,1H3. The molecular formula is C38H35N3O2S. The molecule has 1 saturated carbocycles. The second-order valence-electron chi connectivity index (χ2n) is 11.9. The summed E-state index contributed by atoms with van der Waals surface area (Å²) in [5.41, 5.74) is 7.13. The van der Waals surface area contributed by atoms with Crippen molar-refractivity contribution in [2.24, 2.45) is 0 Å². The van der Waals surface area contributed by atoms with Crippen molar-refractivity contribution < 1.29 is 4.79 Å². The third kappa shape index (κ3) is 5.07. The summed E-state index contributed by atoms with van der Waals surface area (Å²) >= 11 is 1.33. The zero-order valence-electron chi connectivity index (χ0n) is 24.9. The van der Waals surface area contributed by atoms with E-state index in [1.165, 1.54) is 23.7 Å². The minimum absolute atomic E-state index is 0.00127. The van der Waals surface area contributed by atoms with Gasteiger partial charge in [0.2, 0.25) is 5.91 Å². The zero-order valence-corrected chi connectivity index (χ0v) is 25.7. The van der Waals surface area contributed by atoms with Crippen LogP contribution in [-0.4, -0.2) is 21.2 Å². The molecule has 7 rings (SSSR count). The molecule has 6 heteroatoms. The van der Waals surface area contributed by atoms with Gasteiger partial charge in [0.15, 0.2) is 5.16 Å². The first-order valence-electron chi connectivity index (χ1n) is 15.4. The van der Waals surface area contributed by atoms with E-state index in [4.69, 9.17) is 4.98 Å². The van der Waals surface area contributed by atoms with Gasteiger partial charge in [-0.3, -0.25) is 19.1 Å². The molecule has 0 aliphatic heterocycles. The zero-order chi connectivity index (χ0) is 30.1. The lowest BCUT2D eigenvalue weighted by Crippen LogP contribution is -2.43. The average molecular weight is 598 g/mol. The van der Waals surface area contributed by atoms with Crippen LogP contribution in [0.2, 0.25) is 0 Å². The molecule has 1 fully saturated rings. The van der Waals surface area contributed by atoms with E-state index < -0.39 is 0 Å². The first kappa shape index (κ1) is 28.4. The molecule has 5 aromatic rings. The number of hydrogen-bond acceptors (Lipinski definition) is 4. The van der Waals surface area contributed by atoms with Gasteiger partial charge in [-0.2, -0.15) is 0 Å². The van der Waals surface area contributed by atoms with Gasteiger partial charge in [0.25, 0.3) is 5.56 Å². The normalized spacial score (nSPS) is 14.9. The molecule has 0 radical (unpaired) electrons. The van der Waals surface area contributed by atoms with E-state index in [9.17, 15) is 9.59 Å². The van der Waals surface area contributed by atoms with Gasteiger partial charge >= 0.3 is 0 Å². The number of fused-ring (bicyclic) bond motifs is 4. The van der Waals surface area contributed by atoms with E-state index in [2.05, 4.69) is 18.2 Å². The van der Waals surface area contributed by atoms with Crippen molar-refractivity contribution >= 4 is 29.0 Å². The van der Waals surface area contributed by atoms with Crippen LogP contribution in [0.4, 0.5) is 11.4 Å². The Morgan fingerprint density at radius 1 is 0.818 bits per heavy atom. The van der Waals surface area contributed by atoms with Crippen molar-refractivity contribution in [1.82, 2.24) is 9.55 Å². The summed E-state index contributed by atoms with van der Waals surface area (Å²) in [6, 6.07) is 35.8. The SMILES string of the molecule is Cc1ccccc1-n1c(SCC(=O)N(c2ccccc2)c2ccccc2)nc2c(c1=O)C1(CCCCC1)Cc1ccccc1-2. The predicted octanol–water partition coefficient (Wildman–Crippen LogP) is 8.42. The molecule has 0 saturated heterocycles. The van der Waals surface area contributed by atoms with Crippen LogP contribution < -0.4 is 10.5 Å². The van der Waals surface area contributed by atoms with E-state index in [0.717, 1.165) is 71.6 Å². The number of carbonyl (C=O) groups is 1. The molecule has 0 unspecified atom stereocenters. The Balaban J connectivity index is 1.37. The highest BCUT2D eigenvalue weighted by molar-refractivity contribution is 7.99. The maximum absolute atomic E-state index is 14.9. The molecule has 4 aromatic carbocycles. The monoisotopic (exact) mass is 597 g/mol. The quantitative estimate of drug-likeness (QED) is 0.146. The molecule has 220 valence electrons. The smallest absolute Gasteiger partial charge is 0.263 e. The third-order valence-electron chi connectivity index (χ3n) is 9.15. The predicted molar refractivity (Wildman–Crippen MR) is 179 cm³/mol. The fraction of sp³-hybridized carbons (Fsp3) is 0.237. The average Bonchev–Trinajstić information content (AvgIpc) is 3.06. The van der Waals surface area contributed by atoms with E-state index in [1.54, 1.807) is 9.47 Å². The lowest BCUT2D eigenvalue weighted by Gasteiger charge is -2.42. The van der Waals surface area contributed by atoms with Gasteiger partial charge < -0.3 is 0 Å². The van der Waals surface area contributed by atoms with Crippen molar-refractivity contribution in [3.05, 3.63) is 136 Å². The minimum atomic E-state index is -0.215. The molecule has 44 heavy (non-hydrogen) atoms. The number of anilines is 2. The molecule has 5 nitrogen and oxygen atoms in total. The van der Waals surface area contributed by atoms with Gasteiger partial charge in [-0.05, 0) is 67.6 Å². The summed E-state index contributed by atoms with van der Waals surface area (Å²) < 4.78 is 1.78. The molecule has 0 atom stereocenters. The molecule has 2 aliphatic rings. The summed E-state index contributed by atoms with van der Waals surface area (Å²) in [7, 11) is 0. The van der Waals surface area contributed by atoms with Crippen molar-refractivity contribution in [3.63, 3.8) is 0 Å². The third-order valence-corrected chi connectivity index (χ3v) is 10.1. The molecule has 1 aromatic heterocycles. The summed E-state index contributed by atoms with van der Waals surface area (Å²) in [4.78, 5) is 36.0. The molecular weight excluding hydrogens is 563 g/mol. The molecule has 0 N–H and O–H groups in total. The number of thioether (sulfide) groups is 1. The number of benzene rings is 4. The Labute approximate surface area is 262 Å². The number of aromatic nitrogens is 2. The minimum Gasteiger partial charge on any atom is -0.280 e. The Hall–Kier alpha value is -4.42. The van der Waals surface area contributed by atoms with Crippen molar-refractivity contribution in [1.29, 1.82) is 0 Å². The largest absolute Gasteiger partial charge is 0.280 e. The number of hydrogen-bond donors (Lipinski definition) is 0. The van der Waals surface area contributed by atoms with Gasteiger partial charge in [-0.15, -0.1) is 0 Å². The number of nitrogens with zero attached hydrogens (tertiary/aromatic N) is 3. The van der Waals surface area contributed by atoms with E-state index in [-0.39, 0.29) is 22.6 Å². The highest BCUT2D eigenvalue weighted by Crippen LogP contribution is 2.49. The van der Waals surface area contributed by atoms with E-state index in [1.807, 2.05) is 97.9 Å². The maximum Gasteiger partial charge on any atom is 0.263 e. The summed E-state index contributed by atoms with van der Waals surface area (Å²) in [6.45, 7) is 2.03. The molecule has 2 aliphatic carbocycles. The Morgan fingerprint density at radius 3 is 2.11 bits per heavy atom. The second-order valence-corrected chi connectivity index (χ2v) is 12.9. The number of aryl methyl sites for hydroxylation is 1. The summed E-state index contributed by atoms with van der Waals surface area (Å²) in [5, 5.41) is 0.542. The molecule has 1 heterocycles. The van der Waals surface area contributed by atoms with E-state index in [0.29, 0.717) is 5.16 Å². The van der Waals surface area contributed by atoms with Crippen LogP contribution in [-0.2, 0) is 16.6 Å². The van der Waals surface area contributed by atoms with Crippen LogP contribution in [0.3, 0.4) is 0 Å². The molecule has 0 bridgehead atoms. The van der Waals surface area contributed by atoms with Gasteiger partial charge in [-0.25, -0.2) is 4.98 Å². The molecule has 1 amide bonds. The van der Waals surface area contributed by atoms with Crippen molar-refractivity contribution in [2.75, 3.05) is 10.7 Å². The Kier molecular flexibility index (Phi) is 7.69. The first-order chi connectivity index (χ1) is 21.6. The number of carbonyl (C=O) groups excluding carboxylic acids is 1. The van der Waals surface area contributed by atoms with Crippen LogP contribution in [0.5, 0.6) is 0 Å². The maximum atomic E-state index is 14.9. The van der Waals surface area contributed by atoms with E-state index >= 15 is 0 Å². The Morgan fingerprint density at radius 2 is 1.43 bits per heavy atom. The molecule has 1 spiro atoms. The van der Waals surface area contributed by atoms with Crippen LogP contribution >= 0.6 is 11.8 Å².